The van der Waals surface area contributed by atoms with Crippen LogP contribution in [0.3, 0.4) is 0 Å². The van der Waals surface area contributed by atoms with Crippen LogP contribution in [-0.4, -0.2) is 9.55 Å². The fourth-order valence-corrected chi connectivity index (χ4v) is 0.755. The first-order valence-electron chi connectivity index (χ1n) is 3.08. The van der Waals surface area contributed by atoms with E-state index in [4.69, 9.17) is 0 Å². The van der Waals surface area contributed by atoms with Crippen molar-refractivity contribution >= 4 is 0 Å². The molecule has 2 heteroatoms. The Kier molecular flexibility index (Phi) is 1.88. The summed E-state index contributed by atoms with van der Waals surface area (Å²) in [6, 6.07) is 0. The number of nitrogens with zero attached hydrogens (tertiary/aromatic N) is 2. The molecule has 1 heterocycles. The molecule has 0 saturated heterocycles. The Balaban J connectivity index is 2.48. The molecule has 0 aliphatic carbocycles. The number of rotatable bonds is 2. The summed E-state index contributed by atoms with van der Waals surface area (Å²) in [7, 11) is 0. The van der Waals surface area contributed by atoms with E-state index in [1.807, 2.05) is 17.1 Å². The zero-order valence-corrected chi connectivity index (χ0v) is 5.62. The van der Waals surface area contributed by atoms with Crippen molar-refractivity contribution in [2.75, 3.05) is 0 Å². The number of hydrogen-bond donors (Lipinski definition) is 0. The maximum atomic E-state index is 3.91. The summed E-state index contributed by atoms with van der Waals surface area (Å²) in [4.78, 5) is 3.91. The van der Waals surface area contributed by atoms with Gasteiger partial charge in [-0.25, -0.2) is 4.98 Å². The summed E-state index contributed by atoms with van der Waals surface area (Å²) in [6.45, 7) is 6.91. The lowest BCUT2D eigenvalue weighted by Gasteiger charge is -2.02. The summed E-state index contributed by atoms with van der Waals surface area (Å²) in [5, 5.41) is 0. The van der Waals surface area contributed by atoms with Crippen LogP contribution in [0.4, 0.5) is 0 Å². The first-order chi connectivity index (χ1) is 4.29. The first kappa shape index (κ1) is 6.33. The first-order valence-corrected chi connectivity index (χ1v) is 3.08. The Morgan fingerprint density at radius 3 is 3.00 bits per heavy atom. The lowest BCUT2D eigenvalue weighted by Crippen LogP contribution is -2.01. The molecule has 1 aromatic rings. The van der Waals surface area contributed by atoms with Gasteiger partial charge in [0.15, 0.2) is 0 Å². The van der Waals surface area contributed by atoms with Gasteiger partial charge < -0.3 is 4.57 Å². The Morgan fingerprint density at radius 2 is 2.56 bits per heavy atom. The third-order valence-corrected chi connectivity index (χ3v) is 1.08. The SMILES string of the molecule is [CH2]C(C)Cn1ccnc1. The van der Waals surface area contributed by atoms with Crippen molar-refractivity contribution in [3.05, 3.63) is 25.6 Å². The molecule has 0 aliphatic heterocycles. The molecule has 0 fully saturated rings. The lowest BCUT2D eigenvalue weighted by atomic mass is 10.2. The van der Waals surface area contributed by atoms with E-state index >= 15 is 0 Å². The summed E-state index contributed by atoms with van der Waals surface area (Å²) in [6.07, 6.45) is 5.53. The minimum Gasteiger partial charge on any atom is -0.337 e. The monoisotopic (exact) mass is 123 g/mol. The topological polar surface area (TPSA) is 17.8 Å². The van der Waals surface area contributed by atoms with Crippen LogP contribution in [0.1, 0.15) is 6.92 Å². The Labute approximate surface area is 55.5 Å². The normalized spacial score (nSPS) is 10.6. The molecule has 1 radical (unpaired) electrons. The fourth-order valence-electron chi connectivity index (χ4n) is 0.755. The molecule has 0 amide bonds. The van der Waals surface area contributed by atoms with Crippen LogP contribution in [0, 0.1) is 12.8 Å². The van der Waals surface area contributed by atoms with Gasteiger partial charge in [0.05, 0.1) is 6.33 Å². The molecule has 0 saturated carbocycles. The molecule has 49 valence electrons. The highest BCUT2D eigenvalue weighted by atomic mass is 15.0. The second kappa shape index (κ2) is 2.67. The molecule has 1 atom stereocenters. The van der Waals surface area contributed by atoms with Gasteiger partial charge in [0, 0.05) is 18.9 Å². The average Bonchev–Trinajstić information content (AvgIpc) is 2.15. The molecule has 0 bridgehead atoms. The van der Waals surface area contributed by atoms with E-state index in [-0.39, 0.29) is 0 Å². The van der Waals surface area contributed by atoms with Crippen LogP contribution in [0.25, 0.3) is 0 Å². The predicted octanol–water partition coefficient (Wildman–Crippen LogP) is 1.35. The van der Waals surface area contributed by atoms with Gasteiger partial charge in [-0.1, -0.05) is 6.92 Å². The minimum atomic E-state index is 0.458. The number of imidazole rings is 1. The van der Waals surface area contributed by atoms with Crippen LogP contribution < -0.4 is 0 Å². The molecule has 2 nitrogen and oxygen atoms in total. The van der Waals surface area contributed by atoms with Gasteiger partial charge in [-0.3, -0.25) is 0 Å². The van der Waals surface area contributed by atoms with Crippen molar-refractivity contribution in [1.29, 1.82) is 0 Å². The fraction of sp³-hybridized carbons (Fsp3) is 0.429. The average molecular weight is 123 g/mol. The highest BCUT2D eigenvalue weighted by Gasteiger charge is 1.92. The maximum absolute atomic E-state index is 3.91. The van der Waals surface area contributed by atoms with E-state index < -0.39 is 0 Å². The zero-order valence-electron chi connectivity index (χ0n) is 5.62. The van der Waals surface area contributed by atoms with Crippen LogP contribution in [0.2, 0.25) is 0 Å². The van der Waals surface area contributed by atoms with Crippen LogP contribution in [0.15, 0.2) is 18.7 Å². The van der Waals surface area contributed by atoms with Gasteiger partial charge in [0.1, 0.15) is 0 Å². The highest BCUT2D eigenvalue weighted by molar-refractivity contribution is 4.75. The van der Waals surface area contributed by atoms with Crippen LogP contribution >= 0.6 is 0 Å². The quantitative estimate of drug-likeness (QED) is 0.580. The molecule has 1 rings (SSSR count). The summed E-state index contributed by atoms with van der Waals surface area (Å²) < 4.78 is 2.03. The van der Waals surface area contributed by atoms with E-state index in [0.29, 0.717) is 5.92 Å². The molecule has 9 heavy (non-hydrogen) atoms. The third-order valence-electron chi connectivity index (χ3n) is 1.08. The Bertz CT molecular complexity index is 153. The Morgan fingerprint density at radius 1 is 1.78 bits per heavy atom. The maximum Gasteiger partial charge on any atom is 0.0945 e. The van der Waals surface area contributed by atoms with Gasteiger partial charge >= 0.3 is 0 Å². The predicted molar refractivity (Wildman–Crippen MR) is 36.7 cm³/mol. The highest BCUT2D eigenvalue weighted by Crippen LogP contribution is 1.95. The second-order valence-electron chi connectivity index (χ2n) is 2.36. The van der Waals surface area contributed by atoms with Crippen molar-refractivity contribution in [3.63, 3.8) is 0 Å². The Hall–Kier alpha value is -0.790. The largest absolute Gasteiger partial charge is 0.337 e. The minimum absolute atomic E-state index is 0.458. The summed E-state index contributed by atoms with van der Waals surface area (Å²) in [5.74, 6) is 0.458. The van der Waals surface area contributed by atoms with E-state index in [9.17, 15) is 0 Å². The molecule has 0 aromatic carbocycles. The van der Waals surface area contributed by atoms with Gasteiger partial charge in [0.2, 0.25) is 0 Å². The van der Waals surface area contributed by atoms with Crippen molar-refractivity contribution in [2.24, 2.45) is 5.92 Å². The molecule has 0 N–H and O–H groups in total. The zero-order chi connectivity index (χ0) is 6.69. The third kappa shape index (κ3) is 1.88. The van der Waals surface area contributed by atoms with Gasteiger partial charge in [-0.05, 0) is 12.8 Å². The van der Waals surface area contributed by atoms with Gasteiger partial charge in [-0.15, -0.1) is 0 Å². The van der Waals surface area contributed by atoms with E-state index in [0.717, 1.165) is 6.54 Å². The van der Waals surface area contributed by atoms with Crippen LogP contribution in [-0.2, 0) is 6.54 Å². The molecular formula is C7H11N2. The summed E-state index contributed by atoms with van der Waals surface area (Å²) >= 11 is 0. The van der Waals surface area contributed by atoms with E-state index in [2.05, 4.69) is 18.8 Å². The number of aromatic nitrogens is 2. The lowest BCUT2D eigenvalue weighted by molar-refractivity contribution is 0.567. The van der Waals surface area contributed by atoms with E-state index in [1.165, 1.54) is 0 Å². The smallest absolute Gasteiger partial charge is 0.0945 e. The molecule has 0 aliphatic rings. The van der Waals surface area contributed by atoms with Crippen molar-refractivity contribution in [3.8, 4) is 0 Å². The van der Waals surface area contributed by atoms with Crippen molar-refractivity contribution < 1.29 is 0 Å². The molecule has 0 spiro atoms. The van der Waals surface area contributed by atoms with Gasteiger partial charge in [0.25, 0.3) is 0 Å². The molecular weight excluding hydrogens is 112 g/mol. The molecule has 1 aromatic heterocycles. The van der Waals surface area contributed by atoms with Crippen molar-refractivity contribution in [1.82, 2.24) is 9.55 Å². The molecule has 1 unspecified atom stereocenters. The van der Waals surface area contributed by atoms with Crippen LogP contribution in [0.5, 0.6) is 0 Å². The van der Waals surface area contributed by atoms with Gasteiger partial charge in [-0.2, -0.15) is 0 Å². The standard InChI is InChI=1S/C7H11N2/c1-7(2)5-9-4-3-8-6-9/h3-4,6-7H,1,5H2,2H3. The summed E-state index contributed by atoms with van der Waals surface area (Å²) in [5.41, 5.74) is 0. The second-order valence-corrected chi connectivity index (χ2v) is 2.36. The number of hydrogen-bond acceptors (Lipinski definition) is 1. The van der Waals surface area contributed by atoms with E-state index in [1.54, 1.807) is 6.20 Å². The van der Waals surface area contributed by atoms with Crippen molar-refractivity contribution in [2.45, 2.75) is 13.5 Å².